The number of carbonyl (C=O) groups excluding carboxylic acids is 1. The molecule has 2 heterocycles. The van der Waals surface area contributed by atoms with E-state index in [1.54, 1.807) is 18.2 Å². The Morgan fingerprint density at radius 3 is 2.62 bits per heavy atom. The van der Waals surface area contributed by atoms with Gasteiger partial charge in [-0.3, -0.25) is 4.79 Å². The number of rotatable bonds is 4. The van der Waals surface area contributed by atoms with Crippen molar-refractivity contribution in [2.24, 2.45) is 0 Å². The molecule has 1 saturated heterocycles. The SMILES string of the molecule is O=C(Nc1ccc(F)c(S(=O)(=O)N2CCOCC2)c1)c1cc2cc(Cl)ccc2o1. The van der Waals surface area contributed by atoms with Gasteiger partial charge in [-0.25, -0.2) is 12.8 Å². The van der Waals surface area contributed by atoms with Crippen molar-refractivity contribution in [2.45, 2.75) is 4.90 Å². The zero-order valence-electron chi connectivity index (χ0n) is 15.0. The highest BCUT2D eigenvalue weighted by Gasteiger charge is 2.29. The number of carbonyl (C=O) groups is 1. The third-order valence-electron chi connectivity index (χ3n) is 4.48. The van der Waals surface area contributed by atoms with Crippen molar-refractivity contribution in [2.75, 3.05) is 31.6 Å². The number of morpholine rings is 1. The van der Waals surface area contributed by atoms with Gasteiger partial charge >= 0.3 is 0 Å². The molecule has 1 fully saturated rings. The Morgan fingerprint density at radius 2 is 1.86 bits per heavy atom. The third-order valence-corrected chi connectivity index (χ3v) is 6.63. The summed E-state index contributed by atoms with van der Waals surface area (Å²) in [4.78, 5) is 12.0. The first kappa shape index (κ1) is 19.8. The molecule has 0 unspecified atom stereocenters. The third kappa shape index (κ3) is 3.99. The summed E-state index contributed by atoms with van der Waals surface area (Å²) >= 11 is 5.93. The average molecular weight is 439 g/mol. The maximum absolute atomic E-state index is 14.3. The smallest absolute Gasteiger partial charge is 0.291 e. The summed E-state index contributed by atoms with van der Waals surface area (Å²) in [6, 6.07) is 9.83. The van der Waals surface area contributed by atoms with Crippen LogP contribution in [0.15, 0.2) is 51.8 Å². The number of hydrogen-bond acceptors (Lipinski definition) is 5. The van der Waals surface area contributed by atoms with Gasteiger partial charge < -0.3 is 14.5 Å². The van der Waals surface area contributed by atoms with Crippen LogP contribution in [0.1, 0.15) is 10.6 Å². The number of anilines is 1. The van der Waals surface area contributed by atoms with Crippen LogP contribution in [0.3, 0.4) is 0 Å². The van der Waals surface area contributed by atoms with Gasteiger partial charge in [-0.2, -0.15) is 4.31 Å². The highest BCUT2D eigenvalue weighted by Crippen LogP contribution is 2.26. The molecule has 1 aliphatic heterocycles. The molecule has 0 aliphatic carbocycles. The molecule has 152 valence electrons. The minimum Gasteiger partial charge on any atom is -0.451 e. The molecule has 4 rings (SSSR count). The molecule has 0 spiro atoms. The maximum atomic E-state index is 14.3. The number of fused-ring (bicyclic) bond motifs is 1. The van der Waals surface area contributed by atoms with Gasteiger partial charge in [-0.15, -0.1) is 0 Å². The molecule has 3 aromatic rings. The van der Waals surface area contributed by atoms with Gasteiger partial charge in [0, 0.05) is 29.2 Å². The number of nitrogens with zero attached hydrogens (tertiary/aromatic N) is 1. The monoisotopic (exact) mass is 438 g/mol. The van der Waals surface area contributed by atoms with Crippen molar-refractivity contribution >= 4 is 44.2 Å². The van der Waals surface area contributed by atoms with Crippen LogP contribution in [0, 0.1) is 5.82 Å². The van der Waals surface area contributed by atoms with Crippen LogP contribution in [-0.4, -0.2) is 44.9 Å². The number of sulfonamides is 1. The van der Waals surface area contributed by atoms with E-state index in [-0.39, 0.29) is 37.8 Å². The van der Waals surface area contributed by atoms with Crippen molar-refractivity contribution in [1.82, 2.24) is 4.31 Å². The Kier molecular flexibility index (Phi) is 5.30. The minimum atomic E-state index is -4.05. The number of halogens is 2. The summed E-state index contributed by atoms with van der Waals surface area (Å²) < 4.78 is 51.6. The summed E-state index contributed by atoms with van der Waals surface area (Å²) in [7, 11) is -4.05. The minimum absolute atomic E-state index is 0.0178. The van der Waals surface area contributed by atoms with Gasteiger partial charge in [0.05, 0.1) is 13.2 Å². The normalized spacial score (nSPS) is 15.5. The zero-order chi connectivity index (χ0) is 20.6. The van der Waals surface area contributed by atoms with E-state index in [1.165, 1.54) is 12.1 Å². The summed E-state index contributed by atoms with van der Waals surface area (Å²) in [5.41, 5.74) is 0.607. The van der Waals surface area contributed by atoms with E-state index in [4.69, 9.17) is 20.8 Å². The fourth-order valence-corrected chi connectivity index (χ4v) is 4.70. The van der Waals surface area contributed by atoms with Crippen molar-refractivity contribution in [3.05, 3.63) is 59.1 Å². The lowest BCUT2D eigenvalue weighted by Crippen LogP contribution is -2.40. The zero-order valence-corrected chi connectivity index (χ0v) is 16.6. The number of amides is 1. The topological polar surface area (TPSA) is 88.9 Å². The quantitative estimate of drug-likeness (QED) is 0.673. The molecule has 10 heteroatoms. The first-order valence-electron chi connectivity index (χ1n) is 8.72. The van der Waals surface area contributed by atoms with Gasteiger partial charge in [0.15, 0.2) is 5.76 Å². The van der Waals surface area contributed by atoms with Crippen LogP contribution in [0.25, 0.3) is 11.0 Å². The van der Waals surface area contributed by atoms with E-state index < -0.39 is 26.6 Å². The van der Waals surface area contributed by atoms with Crippen molar-refractivity contribution < 1.29 is 26.8 Å². The number of furan rings is 1. The van der Waals surface area contributed by atoms with E-state index in [0.29, 0.717) is 16.0 Å². The van der Waals surface area contributed by atoms with E-state index in [0.717, 1.165) is 16.4 Å². The molecule has 1 amide bonds. The maximum Gasteiger partial charge on any atom is 0.291 e. The Balaban J connectivity index is 1.60. The molecular weight excluding hydrogens is 423 g/mol. The average Bonchev–Trinajstić information content (AvgIpc) is 3.13. The standard InChI is InChI=1S/C19H16ClFN2O5S/c20-13-1-4-16-12(9-13)10-17(28-16)19(24)22-14-2-3-15(21)18(11-14)29(25,26)23-5-7-27-8-6-23/h1-4,9-11H,5-8H2,(H,22,24). The Hall–Kier alpha value is -2.46. The lowest BCUT2D eigenvalue weighted by Gasteiger charge is -2.26. The molecule has 2 aromatic carbocycles. The fraction of sp³-hybridized carbons (Fsp3) is 0.211. The highest BCUT2D eigenvalue weighted by molar-refractivity contribution is 7.89. The van der Waals surface area contributed by atoms with Gasteiger partial charge in [0.25, 0.3) is 5.91 Å². The van der Waals surface area contributed by atoms with Crippen LogP contribution >= 0.6 is 11.6 Å². The van der Waals surface area contributed by atoms with E-state index >= 15 is 0 Å². The molecule has 1 aromatic heterocycles. The second kappa shape index (κ2) is 7.75. The highest BCUT2D eigenvalue weighted by atomic mass is 35.5. The predicted molar refractivity (Wildman–Crippen MR) is 105 cm³/mol. The fourth-order valence-electron chi connectivity index (χ4n) is 3.02. The first-order valence-corrected chi connectivity index (χ1v) is 10.5. The molecule has 0 radical (unpaired) electrons. The molecule has 0 atom stereocenters. The first-order chi connectivity index (χ1) is 13.8. The Morgan fingerprint density at radius 1 is 1.10 bits per heavy atom. The van der Waals surface area contributed by atoms with Crippen LogP contribution in [-0.2, 0) is 14.8 Å². The van der Waals surface area contributed by atoms with Crippen LogP contribution in [0.2, 0.25) is 5.02 Å². The van der Waals surface area contributed by atoms with E-state index in [9.17, 15) is 17.6 Å². The number of ether oxygens (including phenoxy) is 1. The molecule has 0 bridgehead atoms. The van der Waals surface area contributed by atoms with Crippen molar-refractivity contribution in [1.29, 1.82) is 0 Å². The second-order valence-corrected chi connectivity index (χ2v) is 8.75. The summed E-state index contributed by atoms with van der Waals surface area (Å²) in [6.45, 7) is 0.764. The Bertz CT molecular complexity index is 1190. The summed E-state index contributed by atoms with van der Waals surface area (Å²) in [5, 5.41) is 3.69. The molecular formula is C19H16ClFN2O5S. The summed E-state index contributed by atoms with van der Waals surface area (Å²) in [6.07, 6.45) is 0. The second-order valence-electron chi connectivity index (χ2n) is 6.41. The summed E-state index contributed by atoms with van der Waals surface area (Å²) in [5.74, 6) is -1.48. The molecule has 1 N–H and O–H groups in total. The lowest BCUT2D eigenvalue weighted by molar-refractivity contribution is 0.0729. The van der Waals surface area contributed by atoms with Crippen LogP contribution in [0.5, 0.6) is 0 Å². The molecule has 29 heavy (non-hydrogen) atoms. The number of hydrogen-bond donors (Lipinski definition) is 1. The Labute approximate surface area is 171 Å². The predicted octanol–water partition coefficient (Wildman–Crippen LogP) is 3.50. The van der Waals surface area contributed by atoms with E-state index in [2.05, 4.69) is 5.32 Å². The number of benzene rings is 2. The lowest BCUT2D eigenvalue weighted by atomic mass is 10.2. The van der Waals surface area contributed by atoms with Crippen molar-refractivity contribution in [3.63, 3.8) is 0 Å². The van der Waals surface area contributed by atoms with Gasteiger partial charge in [0.1, 0.15) is 16.3 Å². The van der Waals surface area contributed by atoms with Crippen LogP contribution < -0.4 is 5.32 Å². The van der Waals surface area contributed by atoms with Crippen LogP contribution in [0.4, 0.5) is 10.1 Å². The van der Waals surface area contributed by atoms with E-state index in [1.807, 2.05) is 0 Å². The van der Waals surface area contributed by atoms with Crippen molar-refractivity contribution in [3.8, 4) is 0 Å². The molecule has 0 saturated carbocycles. The van der Waals surface area contributed by atoms with Gasteiger partial charge in [-0.05, 0) is 42.5 Å². The van der Waals surface area contributed by atoms with Gasteiger partial charge in [-0.1, -0.05) is 11.6 Å². The number of nitrogens with one attached hydrogen (secondary N) is 1. The molecule has 1 aliphatic rings. The molecule has 7 nitrogen and oxygen atoms in total. The largest absolute Gasteiger partial charge is 0.451 e. The van der Waals surface area contributed by atoms with Gasteiger partial charge in [0.2, 0.25) is 10.0 Å².